The Bertz CT molecular complexity index is 217. The van der Waals surface area contributed by atoms with Crippen LogP contribution in [0.2, 0.25) is 0 Å². The highest BCUT2D eigenvalue weighted by Gasteiger charge is 2.21. The second-order valence-corrected chi connectivity index (χ2v) is 5.52. The lowest BCUT2D eigenvalue weighted by Gasteiger charge is -2.34. The number of nitrogens with one attached hydrogen (secondary N) is 1. The van der Waals surface area contributed by atoms with E-state index in [2.05, 4.69) is 29.1 Å². The van der Waals surface area contributed by atoms with Crippen molar-refractivity contribution in [2.75, 3.05) is 59.5 Å². The van der Waals surface area contributed by atoms with Gasteiger partial charge in [0, 0.05) is 39.3 Å². The van der Waals surface area contributed by atoms with E-state index in [-0.39, 0.29) is 0 Å². The molecule has 0 spiro atoms. The lowest BCUT2D eigenvalue weighted by atomic mass is 9.97. The zero-order chi connectivity index (χ0) is 12.1. The Kier molecular flexibility index (Phi) is 5.22. The average Bonchev–Trinajstić information content (AvgIpc) is 2.34. The quantitative estimate of drug-likeness (QED) is 0.763. The van der Waals surface area contributed by atoms with E-state index in [1.54, 1.807) is 0 Å². The van der Waals surface area contributed by atoms with E-state index in [9.17, 15) is 0 Å². The largest absolute Gasteiger partial charge is 0.375 e. The van der Waals surface area contributed by atoms with Crippen molar-refractivity contribution in [1.29, 1.82) is 0 Å². The Balaban J connectivity index is 1.59. The Morgan fingerprint density at radius 1 is 1.24 bits per heavy atom. The molecule has 4 heteroatoms. The maximum Gasteiger partial charge on any atom is 0.0726 e. The van der Waals surface area contributed by atoms with E-state index in [1.807, 2.05) is 0 Å². The Labute approximate surface area is 105 Å². The summed E-state index contributed by atoms with van der Waals surface area (Å²) in [5.41, 5.74) is 0. The maximum absolute atomic E-state index is 6.01. The van der Waals surface area contributed by atoms with Crippen LogP contribution in [0.25, 0.3) is 0 Å². The van der Waals surface area contributed by atoms with Crippen molar-refractivity contribution < 1.29 is 4.74 Å². The summed E-state index contributed by atoms with van der Waals surface area (Å²) in [5.74, 6) is 0.712. The fourth-order valence-corrected chi connectivity index (χ4v) is 2.59. The molecule has 17 heavy (non-hydrogen) atoms. The van der Waals surface area contributed by atoms with Gasteiger partial charge in [0.15, 0.2) is 0 Å². The van der Waals surface area contributed by atoms with Crippen molar-refractivity contribution in [3.63, 3.8) is 0 Å². The summed E-state index contributed by atoms with van der Waals surface area (Å²) in [5, 5.41) is 3.41. The molecule has 100 valence electrons. The van der Waals surface area contributed by atoms with Crippen LogP contribution in [0.4, 0.5) is 0 Å². The number of rotatable bonds is 4. The molecule has 2 heterocycles. The first-order valence-electron chi connectivity index (χ1n) is 6.99. The molecule has 1 N–H and O–H groups in total. The van der Waals surface area contributed by atoms with Crippen LogP contribution in [0.5, 0.6) is 0 Å². The molecule has 0 amide bonds. The molecule has 2 atom stereocenters. The van der Waals surface area contributed by atoms with Crippen molar-refractivity contribution in [3.8, 4) is 0 Å². The van der Waals surface area contributed by atoms with Crippen molar-refractivity contribution >= 4 is 0 Å². The lowest BCUT2D eigenvalue weighted by molar-refractivity contribution is -0.00936. The molecule has 2 unspecified atom stereocenters. The SMILES string of the molecule is CC1CCNCC1OCCN1CCN(C)CC1. The third-order valence-electron chi connectivity index (χ3n) is 4.09. The summed E-state index contributed by atoms with van der Waals surface area (Å²) in [6.07, 6.45) is 1.68. The molecule has 0 aromatic carbocycles. The minimum absolute atomic E-state index is 0.427. The molecule has 0 aromatic rings. The van der Waals surface area contributed by atoms with Gasteiger partial charge in [-0.3, -0.25) is 4.90 Å². The van der Waals surface area contributed by atoms with Gasteiger partial charge in [-0.05, 0) is 25.9 Å². The summed E-state index contributed by atoms with van der Waals surface area (Å²) >= 11 is 0. The van der Waals surface area contributed by atoms with Crippen molar-refractivity contribution in [1.82, 2.24) is 15.1 Å². The van der Waals surface area contributed by atoms with Gasteiger partial charge in [0.1, 0.15) is 0 Å². The Morgan fingerprint density at radius 3 is 2.71 bits per heavy atom. The van der Waals surface area contributed by atoms with Crippen LogP contribution in [0, 0.1) is 5.92 Å². The number of piperidine rings is 1. The highest BCUT2D eigenvalue weighted by atomic mass is 16.5. The van der Waals surface area contributed by atoms with E-state index < -0.39 is 0 Å². The van der Waals surface area contributed by atoms with Crippen LogP contribution >= 0.6 is 0 Å². The predicted octanol–water partition coefficient (Wildman–Crippen LogP) is 0.248. The van der Waals surface area contributed by atoms with E-state index in [4.69, 9.17) is 4.74 Å². The standard InChI is InChI=1S/C13H27N3O/c1-12-3-4-14-11-13(12)17-10-9-16-7-5-15(2)6-8-16/h12-14H,3-11H2,1-2H3. The first kappa shape index (κ1) is 13.3. The topological polar surface area (TPSA) is 27.7 Å². The molecule has 2 aliphatic rings. The fraction of sp³-hybridized carbons (Fsp3) is 1.00. The monoisotopic (exact) mass is 241 g/mol. The molecular formula is C13H27N3O. The summed E-state index contributed by atoms with van der Waals surface area (Å²) < 4.78 is 6.01. The van der Waals surface area contributed by atoms with Crippen molar-refractivity contribution in [3.05, 3.63) is 0 Å². The van der Waals surface area contributed by atoms with Crippen LogP contribution in [0.3, 0.4) is 0 Å². The zero-order valence-electron chi connectivity index (χ0n) is 11.3. The van der Waals surface area contributed by atoms with Crippen molar-refractivity contribution in [2.45, 2.75) is 19.4 Å². The van der Waals surface area contributed by atoms with E-state index in [1.165, 1.54) is 32.6 Å². The van der Waals surface area contributed by atoms with Crippen LogP contribution in [0.15, 0.2) is 0 Å². The first-order valence-corrected chi connectivity index (χ1v) is 6.99. The van der Waals surface area contributed by atoms with Gasteiger partial charge in [-0.1, -0.05) is 6.92 Å². The molecule has 0 aromatic heterocycles. The van der Waals surface area contributed by atoms with Crippen LogP contribution in [-0.2, 0) is 4.74 Å². The van der Waals surface area contributed by atoms with Gasteiger partial charge in [-0.15, -0.1) is 0 Å². The molecule has 2 saturated heterocycles. The fourth-order valence-electron chi connectivity index (χ4n) is 2.59. The minimum Gasteiger partial charge on any atom is -0.375 e. The average molecular weight is 241 g/mol. The highest BCUT2D eigenvalue weighted by molar-refractivity contribution is 4.76. The Hall–Kier alpha value is -0.160. The number of likely N-dealkylation sites (N-methyl/N-ethyl adjacent to an activating group) is 1. The molecule has 2 fully saturated rings. The zero-order valence-corrected chi connectivity index (χ0v) is 11.3. The molecule has 0 saturated carbocycles. The third-order valence-corrected chi connectivity index (χ3v) is 4.09. The van der Waals surface area contributed by atoms with Gasteiger partial charge < -0.3 is 15.0 Å². The summed E-state index contributed by atoms with van der Waals surface area (Å²) in [6.45, 7) is 11.3. The second kappa shape index (κ2) is 6.69. The molecule has 2 aliphatic heterocycles. The number of hydrogen-bond donors (Lipinski definition) is 1. The third kappa shape index (κ3) is 4.21. The number of hydrogen-bond acceptors (Lipinski definition) is 4. The lowest BCUT2D eigenvalue weighted by Crippen LogP contribution is -2.46. The van der Waals surface area contributed by atoms with Crippen molar-refractivity contribution in [2.24, 2.45) is 5.92 Å². The number of ether oxygens (including phenoxy) is 1. The van der Waals surface area contributed by atoms with Gasteiger partial charge in [-0.25, -0.2) is 0 Å². The van der Waals surface area contributed by atoms with E-state index >= 15 is 0 Å². The first-order chi connectivity index (χ1) is 8.25. The molecule has 0 radical (unpaired) electrons. The van der Waals surface area contributed by atoms with Crippen LogP contribution in [-0.4, -0.2) is 75.4 Å². The summed E-state index contributed by atoms with van der Waals surface area (Å²) in [4.78, 5) is 4.91. The predicted molar refractivity (Wildman–Crippen MR) is 70.3 cm³/mol. The molecule has 4 nitrogen and oxygen atoms in total. The van der Waals surface area contributed by atoms with Crippen LogP contribution < -0.4 is 5.32 Å². The molecular weight excluding hydrogens is 214 g/mol. The minimum atomic E-state index is 0.427. The van der Waals surface area contributed by atoms with Gasteiger partial charge >= 0.3 is 0 Å². The molecule has 0 aliphatic carbocycles. The summed E-state index contributed by atoms with van der Waals surface area (Å²) in [6, 6.07) is 0. The van der Waals surface area contributed by atoms with E-state index in [0.29, 0.717) is 12.0 Å². The molecule has 2 rings (SSSR count). The van der Waals surface area contributed by atoms with Gasteiger partial charge in [-0.2, -0.15) is 0 Å². The smallest absolute Gasteiger partial charge is 0.0726 e. The highest BCUT2D eigenvalue weighted by Crippen LogP contribution is 2.14. The van der Waals surface area contributed by atoms with Gasteiger partial charge in [0.05, 0.1) is 12.7 Å². The second-order valence-electron chi connectivity index (χ2n) is 5.52. The number of nitrogens with zero attached hydrogens (tertiary/aromatic N) is 2. The maximum atomic E-state index is 6.01. The number of piperazine rings is 1. The van der Waals surface area contributed by atoms with E-state index in [0.717, 1.165) is 26.2 Å². The Morgan fingerprint density at radius 2 is 2.00 bits per heavy atom. The normalized spacial score (nSPS) is 32.8. The van der Waals surface area contributed by atoms with Crippen LogP contribution in [0.1, 0.15) is 13.3 Å². The van der Waals surface area contributed by atoms with Gasteiger partial charge in [0.25, 0.3) is 0 Å². The van der Waals surface area contributed by atoms with Gasteiger partial charge in [0.2, 0.25) is 0 Å². The summed E-state index contributed by atoms with van der Waals surface area (Å²) in [7, 11) is 2.20. The molecule has 0 bridgehead atoms.